The minimum absolute atomic E-state index is 0.355. The Morgan fingerprint density at radius 2 is 2.00 bits per heavy atom. The van der Waals surface area contributed by atoms with Crippen LogP contribution in [0.5, 0.6) is 0 Å². The third-order valence-electron chi connectivity index (χ3n) is 3.22. The monoisotopic (exact) mass is 329 g/mol. The number of aryl methyl sites for hydroxylation is 1. The number of hydrogen-bond donors (Lipinski definition) is 1. The second-order valence-corrected chi connectivity index (χ2v) is 5.95. The van der Waals surface area contributed by atoms with Crippen molar-refractivity contribution in [2.24, 2.45) is 0 Å². The number of benzene rings is 1. The van der Waals surface area contributed by atoms with Crippen LogP contribution in [0.25, 0.3) is 6.08 Å². The quantitative estimate of drug-likeness (QED) is 0.646. The highest BCUT2D eigenvalue weighted by atomic mass is 32.1. The van der Waals surface area contributed by atoms with Crippen molar-refractivity contribution in [2.75, 3.05) is 5.32 Å². The molecule has 4 nitrogen and oxygen atoms in total. The first kappa shape index (κ1) is 17.0. The van der Waals surface area contributed by atoms with Crippen molar-refractivity contribution < 1.29 is 14.3 Å². The van der Waals surface area contributed by atoms with Gasteiger partial charge in [-0.2, -0.15) is 0 Å². The molecule has 0 aliphatic rings. The summed E-state index contributed by atoms with van der Waals surface area (Å²) in [6.45, 7) is 3.62. The maximum absolute atomic E-state index is 12.0. The first-order chi connectivity index (χ1) is 11.1. The van der Waals surface area contributed by atoms with Gasteiger partial charge in [-0.15, -0.1) is 11.3 Å². The van der Waals surface area contributed by atoms with Crippen molar-refractivity contribution in [1.29, 1.82) is 0 Å². The highest BCUT2D eigenvalue weighted by Gasteiger charge is 2.16. The molecule has 1 aromatic heterocycles. The highest BCUT2D eigenvalue weighted by Crippen LogP contribution is 2.12. The molecule has 0 saturated carbocycles. The van der Waals surface area contributed by atoms with Crippen molar-refractivity contribution in [3.05, 3.63) is 58.3 Å². The third kappa shape index (κ3) is 5.38. The van der Waals surface area contributed by atoms with E-state index in [0.29, 0.717) is 5.69 Å². The zero-order valence-corrected chi connectivity index (χ0v) is 13.9. The van der Waals surface area contributed by atoms with Gasteiger partial charge in [0.05, 0.1) is 0 Å². The number of esters is 1. The molecule has 0 aliphatic carbocycles. The Kier molecular flexibility index (Phi) is 6.11. The fraction of sp³-hybridized carbons (Fsp3) is 0.222. The molecule has 1 atom stereocenters. The summed E-state index contributed by atoms with van der Waals surface area (Å²) >= 11 is 1.52. The predicted octanol–water partition coefficient (Wildman–Crippen LogP) is 3.89. The van der Waals surface area contributed by atoms with Crippen molar-refractivity contribution in [3.63, 3.8) is 0 Å². The predicted molar refractivity (Wildman–Crippen MR) is 93.4 cm³/mol. The number of thiophene rings is 1. The van der Waals surface area contributed by atoms with E-state index < -0.39 is 12.1 Å². The first-order valence-electron chi connectivity index (χ1n) is 7.40. The van der Waals surface area contributed by atoms with E-state index in [2.05, 4.69) is 12.2 Å². The van der Waals surface area contributed by atoms with E-state index in [9.17, 15) is 9.59 Å². The standard InChI is InChI=1S/C18H19NO3S/c1-3-14-6-8-15(9-7-14)19-18(21)13(2)22-17(20)11-10-16-5-4-12-23-16/h4-13H,3H2,1-2H3,(H,19,21)/b11-10+/t13-/m0/s1. The van der Waals surface area contributed by atoms with E-state index >= 15 is 0 Å². The van der Waals surface area contributed by atoms with Crippen LogP contribution >= 0.6 is 11.3 Å². The maximum Gasteiger partial charge on any atom is 0.331 e. The second-order valence-electron chi connectivity index (χ2n) is 4.97. The Morgan fingerprint density at radius 1 is 1.26 bits per heavy atom. The lowest BCUT2D eigenvalue weighted by Gasteiger charge is -2.12. The van der Waals surface area contributed by atoms with Gasteiger partial charge in [0.2, 0.25) is 0 Å². The van der Waals surface area contributed by atoms with Crippen LogP contribution in [0.4, 0.5) is 5.69 Å². The number of carbonyl (C=O) groups excluding carboxylic acids is 2. The van der Waals surface area contributed by atoms with Crippen molar-refractivity contribution >= 4 is 35.0 Å². The maximum atomic E-state index is 12.0. The summed E-state index contributed by atoms with van der Waals surface area (Å²) in [7, 11) is 0. The highest BCUT2D eigenvalue weighted by molar-refractivity contribution is 7.10. The molecule has 0 aliphatic heterocycles. The van der Waals surface area contributed by atoms with Crippen LogP contribution in [0.1, 0.15) is 24.3 Å². The van der Waals surface area contributed by atoms with E-state index in [1.165, 1.54) is 23.0 Å². The molecule has 23 heavy (non-hydrogen) atoms. The Morgan fingerprint density at radius 3 is 2.61 bits per heavy atom. The van der Waals surface area contributed by atoms with Gasteiger partial charge in [0.1, 0.15) is 0 Å². The van der Waals surface area contributed by atoms with Gasteiger partial charge in [-0.25, -0.2) is 4.79 Å². The molecule has 0 unspecified atom stereocenters. The molecule has 0 fully saturated rings. The molecule has 2 aromatic rings. The van der Waals surface area contributed by atoms with Gasteiger partial charge in [-0.3, -0.25) is 4.79 Å². The molecule has 1 amide bonds. The zero-order chi connectivity index (χ0) is 16.7. The zero-order valence-electron chi connectivity index (χ0n) is 13.1. The topological polar surface area (TPSA) is 55.4 Å². The van der Waals surface area contributed by atoms with Crippen LogP contribution in [0, 0.1) is 0 Å². The van der Waals surface area contributed by atoms with Crippen molar-refractivity contribution in [2.45, 2.75) is 26.4 Å². The minimum Gasteiger partial charge on any atom is -0.449 e. The molecule has 5 heteroatoms. The Balaban J connectivity index is 1.85. The molecule has 0 saturated heterocycles. The largest absolute Gasteiger partial charge is 0.449 e. The third-order valence-corrected chi connectivity index (χ3v) is 4.06. The fourth-order valence-corrected chi connectivity index (χ4v) is 2.49. The summed E-state index contributed by atoms with van der Waals surface area (Å²) in [4.78, 5) is 24.7. The van der Waals surface area contributed by atoms with Crippen LogP contribution in [-0.2, 0) is 20.7 Å². The smallest absolute Gasteiger partial charge is 0.331 e. The lowest BCUT2D eigenvalue weighted by atomic mass is 10.1. The Hall–Kier alpha value is -2.40. The summed E-state index contributed by atoms with van der Waals surface area (Å²) in [6, 6.07) is 11.4. The normalized spacial score (nSPS) is 12.1. The molecule has 1 aromatic carbocycles. The van der Waals surface area contributed by atoms with Crippen LogP contribution in [0.15, 0.2) is 47.9 Å². The van der Waals surface area contributed by atoms with Gasteiger partial charge in [0.25, 0.3) is 5.91 Å². The Bertz CT molecular complexity index is 675. The summed E-state index contributed by atoms with van der Waals surface area (Å²) in [5, 5.41) is 4.65. The average molecular weight is 329 g/mol. The molecule has 1 heterocycles. The number of rotatable bonds is 6. The van der Waals surface area contributed by atoms with Gasteiger partial charge in [-0.1, -0.05) is 25.1 Å². The van der Waals surface area contributed by atoms with Gasteiger partial charge in [-0.05, 0) is 48.6 Å². The number of nitrogens with one attached hydrogen (secondary N) is 1. The lowest BCUT2D eigenvalue weighted by Crippen LogP contribution is -2.29. The van der Waals surface area contributed by atoms with E-state index in [4.69, 9.17) is 4.74 Å². The molecule has 0 bridgehead atoms. The summed E-state index contributed by atoms with van der Waals surface area (Å²) in [5.74, 6) is -0.894. The van der Waals surface area contributed by atoms with Crippen LogP contribution < -0.4 is 5.32 Å². The van der Waals surface area contributed by atoms with Gasteiger partial charge in [0, 0.05) is 16.6 Å². The summed E-state index contributed by atoms with van der Waals surface area (Å²) in [5.41, 5.74) is 1.88. The molecular formula is C18H19NO3S. The average Bonchev–Trinajstić information content (AvgIpc) is 3.07. The molecule has 0 spiro atoms. The molecule has 2 rings (SSSR count). The molecule has 0 radical (unpaired) electrons. The van der Waals surface area contributed by atoms with E-state index in [1.807, 2.05) is 41.8 Å². The lowest BCUT2D eigenvalue weighted by molar-refractivity contribution is -0.148. The minimum atomic E-state index is -0.860. The number of hydrogen-bond acceptors (Lipinski definition) is 4. The van der Waals surface area contributed by atoms with E-state index in [1.54, 1.807) is 13.0 Å². The van der Waals surface area contributed by atoms with Gasteiger partial charge >= 0.3 is 5.97 Å². The van der Waals surface area contributed by atoms with Gasteiger partial charge < -0.3 is 10.1 Å². The van der Waals surface area contributed by atoms with E-state index in [0.717, 1.165) is 11.3 Å². The SMILES string of the molecule is CCc1ccc(NC(=O)[C@H](C)OC(=O)/C=C/c2cccs2)cc1. The first-order valence-corrected chi connectivity index (χ1v) is 8.28. The summed E-state index contributed by atoms with van der Waals surface area (Å²) in [6.07, 6.45) is 3.08. The number of ether oxygens (including phenoxy) is 1. The van der Waals surface area contributed by atoms with Crippen molar-refractivity contribution in [1.82, 2.24) is 0 Å². The number of amides is 1. The van der Waals surface area contributed by atoms with E-state index in [-0.39, 0.29) is 5.91 Å². The van der Waals surface area contributed by atoms with Gasteiger partial charge in [0.15, 0.2) is 6.10 Å². The van der Waals surface area contributed by atoms with Crippen molar-refractivity contribution in [3.8, 4) is 0 Å². The number of carbonyl (C=O) groups is 2. The number of anilines is 1. The Labute approximate surface area is 139 Å². The molecule has 120 valence electrons. The van der Waals surface area contributed by atoms with Crippen LogP contribution in [0.3, 0.4) is 0 Å². The second kappa shape index (κ2) is 8.29. The molecular weight excluding hydrogens is 310 g/mol. The van der Waals surface area contributed by atoms with Crippen LogP contribution in [0.2, 0.25) is 0 Å². The summed E-state index contributed by atoms with van der Waals surface area (Å²) < 4.78 is 5.09. The molecule has 1 N–H and O–H groups in total. The van der Waals surface area contributed by atoms with Crippen LogP contribution in [-0.4, -0.2) is 18.0 Å². The fourth-order valence-electron chi connectivity index (χ4n) is 1.87.